The van der Waals surface area contributed by atoms with Crippen molar-refractivity contribution in [3.63, 3.8) is 0 Å². The number of ether oxygens (including phenoxy) is 4. The van der Waals surface area contributed by atoms with Crippen molar-refractivity contribution in [1.29, 1.82) is 0 Å². The van der Waals surface area contributed by atoms with Crippen molar-refractivity contribution < 1.29 is 33.3 Å². The Kier molecular flexibility index (Phi) is 10.1. The lowest BCUT2D eigenvalue weighted by Crippen LogP contribution is -2.61. The molecule has 1 saturated heterocycles. The van der Waals surface area contributed by atoms with E-state index in [0.29, 0.717) is 6.42 Å². The lowest BCUT2D eigenvalue weighted by molar-refractivity contribution is -0.465. The van der Waals surface area contributed by atoms with Crippen LogP contribution < -0.4 is 5.32 Å². The second kappa shape index (κ2) is 13.0. The summed E-state index contributed by atoms with van der Waals surface area (Å²) in [4.78, 5) is 37.8. The molecule has 1 N–H and O–H groups in total. The average Bonchev–Trinajstić information content (AvgIpc) is 2.89. The Balaban J connectivity index is 1.88. The van der Waals surface area contributed by atoms with Crippen LogP contribution in [0.15, 0.2) is 54.6 Å². The van der Waals surface area contributed by atoms with E-state index < -0.39 is 29.2 Å². The van der Waals surface area contributed by atoms with Crippen LogP contribution in [-0.2, 0) is 45.5 Å². The van der Waals surface area contributed by atoms with Crippen molar-refractivity contribution in [2.45, 2.75) is 83.8 Å². The third-order valence-electron chi connectivity index (χ3n) is 6.70. The third-order valence-corrected chi connectivity index (χ3v) is 6.70. The number of hydrogen-bond acceptors (Lipinski definition) is 7. The first kappa shape index (κ1) is 29.3. The number of amides is 1. The van der Waals surface area contributed by atoms with Gasteiger partial charge >= 0.3 is 11.9 Å². The monoisotopic (exact) mass is 525 g/mol. The van der Waals surface area contributed by atoms with Gasteiger partial charge in [0, 0.05) is 18.4 Å². The normalized spacial score (nSPS) is 19.7. The van der Waals surface area contributed by atoms with Gasteiger partial charge in [-0.05, 0) is 51.2 Å². The molecule has 8 nitrogen and oxygen atoms in total. The summed E-state index contributed by atoms with van der Waals surface area (Å²) in [6.07, 6.45) is 1.84. The standard InChI is InChI=1S/C30H39NO7/c1-6-12-26(24-13-10-9-11-14-24)30(37-22(5)38-30)25-17-15-23(16-18-25)19-20-29(31-21(4)32,27(33)35-7-2)28(34)36-8-3/h9-11,13-18,22,26H,6-8,12,19-20H2,1-5H3,(H,31,32). The molecular formula is C30H39NO7. The van der Waals surface area contributed by atoms with Gasteiger partial charge in [0.1, 0.15) is 0 Å². The van der Waals surface area contributed by atoms with E-state index in [0.717, 1.165) is 29.5 Å². The van der Waals surface area contributed by atoms with Gasteiger partial charge in [-0.1, -0.05) is 67.9 Å². The van der Waals surface area contributed by atoms with Crippen LogP contribution in [0.2, 0.25) is 0 Å². The Hall–Kier alpha value is -3.23. The topological polar surface area (TPSA) is 100 Å². The molecule has 0 aliphatic carbocycles. The van der Waals surface area contributed by atoms with Crippen LogP contribution in [0.25, 0.3) is 0 Å². The van der Waals surface area contributed by atoms with Gasteiger partial charge in [0.2, 0.25) is 17.2 Å². The fourth-order valence-electron chi connectivity index (χ4n) is 5.05. The first-order valence-corrected chi connectivity index (χ1v) is 13.4. The fourth-order valence-corrected chi connectivity index (χ4v) is 5.05. The number of benzene rings is 2. The molecule has 1 fully saturated rings. The second-order valence-electron chi connectivity index (χ2n) is 9.45. The highest BCUT2D eigenvalue weighted by Crippen LogP contribution is 2.51. The molecule has 2 aromatic rings. The van der Waals surface area contributed by atoms with Gasteiger partial charge in [0.25, 0.3) is 0 Å². The fraction of sp³-hybridized carbons (Fsp3) is 0.500. The summed E-state index contributed by atoms with van der Waals surface area (Å²) in [5, 5.41) is 2.51. The molecular weight excluding hydrogens is 486 g/mol. The van der Waals surface area contributed by atoms with Crippen LogP contribution >= 0.6 is 0 Å². The Morgan fingerprint density at radius 1 is 0.947 bits per heavy atom. The van der Waals surface area contributed by atoms with Gasteiger partial charge in [0.15, 0.2) is 6.29 Å². The van der Waals surface area contributed by atoms with E-state index in [4.69, 9.17) is 18.9 Å². The molecule has 1 aliphatic rings. The highest BCUT2D eigenvalue weighted by atomic mass is 16.9. The number of esters is 2. The highest BCUT2D eigenvalue weighted by molar-refractivity contribution is 6.07. The second-order valence-corrected chi connectivity index (χ2v) is 9.45. The Labute approximate surface area is 225 Å². The van der Waals surface area contributed by atoms with Gasteiger partial charge < -0.3 is 24.3 Å². The number of hydrogen-bond donors (Lipinski definition) is 1. The average molecular weight is 526 g/mol. The number of carbonyl (C=O) groups excluding carboxylic acids is 3. The smallest absolute Gasteiger partial charge is 0.343 e. The van der Waals surface area contributed by atoms with E-state index in [1.807, 2.05) is 49.4 Å². The van der Waals surface area contributed by atoms with Crippen LogP contribution in [0.3, 0.4) is 0 Å². The van der Waals surface area contributed by atoms with Gasteiger partial charge in [-0.15, -0.1) is 0 Å². The van der Waals surface area contributed by atoms with Crippen LogP contribution in [0.4, 0.5) is 0 Å². The number of aryl methyl sites for hydroxylation is 1. The summed E-state index contributed by atoms with van der Waals surface area (Å²) >= 11 is 0. The highest BCUT2D eigenvalue weighted by Gasteiger charge is 2.53. The van der Waals surface area contributed by atoms with E-state index >= 15 is 0 Å². The van der Waals surface area contributed by atoms with Crippen molar-refractivity contribution in [2.75, 3.05) is 13.2 Å². The number of nitrogens with one attached hydrogen (secondary N) is 1. The molecule has 0 bridgehead atoms. The molecule has 8 heteroatoms. The zero-order valence-electron chi connectivity index (χ0n) is 23.0. The summed E-state index contributed by atoms with van der Waals surface area (Å²) in [7, 11) is 0. The van der Waals surface area contributed by atoms with E-state index in [2.05, 4.69) is 24.4 Å². The maximum atomic E-state index is 12.9. The van der Waals surface area contributed by atoms with E-state index in [-0.39, 0.29) is 31.8 Å². The zero-order chi connectivity index (χ0) is 27.8. The van der Waals surface area contributed by atoms with Crippen LogP contribution in [0.5, 0.6) is 0 Å². The molecule has 1 unspecified atom stereocenters. The molecule has 0 aromatic heterocycles. The van der Waals surface area contributed by atoms with Crippen molar-refractivity contribution in [2.24, 2.45) is 0 Å². The van der Waals surface area contributed by atoms with Crippen molar-refractivity contribution in [3.05, 3.63) is 71.3 Å². The molecule has 206 valence electrons. The summed E-state index contributed by atoms with van der Waals surface area (Å²) in [5.41, 5.74) is 0.985. The summed E-state index contributed by atoms with van der Waals surface area (Å²) in [5.74, 6) is -3.08. The van der Waals surface area contributed by atoms with Crippen LogP contribution in [0.1, 0.15) is 76.5 Å². The minimum Gasteiger partial charge on any atom is -0.464 e. The summed E-state index contributed by atoms with van der Waals surface area (Å²) in [6.45, 7) is 8.69. The van der Waals surface area contributed by atoms with Gasteiger partial charge in [-0.3, -0.25) is 4.79 Å². The SMILES string of the molecule is CCCC(c1ccccc1)C1(c2ccc(CCC(NC(C)=O)(C(=O)OCC)C(=O)OCC)cc2)OC(C)O1. The van der Waals surface area contributed by atoms with Crippen LogP contribution in [0, 0.1) is 0 Å². The molecule has 0 radical (unpaired) electrons. The molecule has 0 saturated carbocycles. The Morgan fingerprint density at radius 3 is 2.00 bits per heavy atom. The lowest BCUT2D eigenvalue weighted by Gasteiger charge is -2.51. The Bertz CT molecular complexity index is 1060. The molecule has 2 aromatic carbocycles. The Morgan fingerprint density at radius 2 is 1.53 bits per heavy atom. The number of rotatable bonds is 13. The van der Waals surface area contributed by atoms with E-state index in [1.54, 1.807) is 13.8 Å². The van der Waals surface area contributed by atoms with Gasteiger partial charge in [-0.25, -0.2) is 9.59 Å². The zero-order valence-corrected chi connectivity index (χ0v) is 23.0. The predicted octanol–water partition coefficient (Wildman–Crippen LogP) is 4.75. The van der Waals surface area contributed by atoms with E-state index in [1.165, 1.54) is 6.92 Å². The molecule has 1 aliphatic heterocycles. The summed E-state index contributed by atoms with van der Waals surface area (Å²) < 4.78 is 22.9. The predicted molar refractivity (Wildman–Crippen MR) is 142 cm³/mol. The molecule has 3 rings (SSSR count). The third kappa shape index (κ3) is 6.25. The lowest BCUT2D eigenvalue weighted by atomic mass is 9.81. The number of carbonyl (C=O) groups is 3. The first-order valence-electron chi connectivity index (χ1n) is 13.4. The maximum absolute atomic E-state index is 12.9. The summed E-state index contributed by atoms with van der Waals surface area (Å²) in [6, 6.07) is 18.0. The first-order chi connectivity index (χ1) is 18.2. The van der Waals surface area contributed by atoms with Crippen molar-refractivity contribution in [3.8, 4) is 0 Å². The van der Waals surface area contributed by atoms with Gasteiger partial charge in [-0.2, -0.15) is 0 Å². The maximum Gasteiger partial charge on any atom is 0.343 e. The van der Waals surface area contributed by atoms with Crippen molar-refractivity contribution >= 4 is 17.8 Å². The molecule has 0 spiro atoms. The van der Waals surface area contributed by atoms with Crippen molar-refractivity contribution in [1.82, 2.24) is 5.32 Å². The molecule has 38 heavy (non-hydrogen) atoms. The van der Waals surface area contributed by atoms with Gasteiger partial charge in [0.05, 0.1) is 13.2 Å². The quantitative estimate of drug-likeness (QED) is 0.298. The minimum absolute atomic E-state index is 0.00999. The molecule has 1 heterocycles. The minimum atomic E-state index is -1.92. The largest absolute Gasteiger partial charge is 0.464 e. The van der Waals surface area contributed by atoms with Crippen LogP contribution in [-0.4, -0.2) is 42.9 Å². The molecule has 1 atom stereocenters. The van der Waals surface area contributed by atoms with E-state index in [9.17, 15) is 14.4 Å². The molecule has 1 amide bonds.